The van der Waals surface area contributed by atoms with E-state index >= 15 is 0 Å². The van der Waals surface area contributed by atoms with Gasteiger partial charge in [0.1, 0.15) is 5.75 Å². The lowest BCUT2D eigenvalue weighted by molar-refractivity contribution is 0.338. The first-order valence-corrected chi connectivity index (χ1v) is 4.86. The third kappa shape index (κ3) is 2.22. The molecule has 0 unspecified atom stereocenters. The molecule has 1 aromatic carbocycles. The Kier molecular flexibility index (Phi) is 2.50. The fourth-order valence-corrected chi connectivity index (χ4v) is 1.54. The number of aromatic hydroxyl groups is 1. The standard InChI is InChI=1S/C11H15NO/c13-11-6-1-3-9(7-11)8-12-10-4-2-5-10/h1,3,6-7,10,12-13H,2,4-5,8H2. The second-order valence-corrected chi connectivity index (χ2v) is 3.68. The van der Waals surface area contributed by atoms with Crippen molar-refractivity contribution in [2.24, 2.45) is 0 Å². The van der Waals surface area contributed by atoms with Crippen LogP contribution in [0.1, 0.15) is 24.8 Å². The van der Waals surface area contributed by atoms with Crippen LogP contribution in [0.3, 0.4) is 0 Å². The van der Waals surface area contributed by atoms with Crippen LogP contribution in [0, 0.1) is 0 Å². The molecule has 2 heteroatoms. The van der Waals surface area contributed by atoms with E-state index in [9.17, 15) is 5.11 Å². The van der Waals surface area contributed by atoms with Crippen molar-refractivity contribution in [3.05, 3.63) is 29.8 Å². The van der Waals surface area contributed by atoms with Crippen LogP contribution in [0.4, 0.5) is 0 Å². The van der Waals surface area contributed by atoms with Gasteiger partial charge in [-0.05, 0) is 30.5 Å². The molecule has 0 aromatic heterocycles. The number of phenols is 1. The van der Waals surface area contributed by atoms with Crippen molar-refractivity contribution in [1.82, 2.24) is 5.32 Å². The summed E-state index contributed by atoms with van der Waals surface area (Å²) in [6.07, 6.45) is 3.97. The van der Waals surface area contributed by atoms with Crippen LogP contribution in [-0.2, 0) is 6.54 Å². The van der Waals surface area contributed by atoms with Gasteiger partial charge in [0.15, 0.2) is 0 Å². The summed E-state index contributed by atoms with van der Waals surface area (Å²) in [7, 11) is 0. The highest BCUT2D eigenvalue weighted by Gasteiger charge is 2.15. The zero-order valence-electron chi connectivity index (χ0n) is 7.66. The Bertz CT molecular complexity index is 281. The third-order valence-corrected chi connectivity index (χ3v) is 2.61. The van der Waals surface area contributed by atoms with Gasteiger partial charge in [-0.2, -0.15) is 0 Å². The lowest BCUT2D eigenvalue weighted by Gasteiger charge is -2.26. The molecule has 1 fully saturated rings. The van der Waals surface area contributed by atoms with Crippen LogP contribution in [0.15, 0.2) is 24.3 Å². The molecule has 70 valence electrons. The van der Waals surface area contributed by atoms with Gasteiger partial charge < -0.3 is 10.4 Å². The highest BCUT2D eigenvalue weighted by molar-refractivity contribution is 5.26. The highest BCUT2D eigenvalue weighted by Crippen LogP contribution is 2.19. The van der Waals surface area contributed by atoms with Crippen LogP contribution in [0.5, 0.6) is 5.75 Å². The highest BCUT2D eigenvalue weighted by atomic mass is 16.3. The Hall–Kier alpha value is -1.02. The minimum atomic E-state index is 0.355. The van der Waals surface area contributed by atoms with Crippen LogP contribution >= 0.6 is 0 Å². The average molecular weight is 177 g/mol. The van der Waals surface area contributed by atoms with E-state index in [-0.39, 0.29) is 0 Å². The van der Waals surface area contributed by atoms with Crippen LogP contribution in [0.2, 0.25) is 0 Å². The van der Waals surface area contributed by atoms with E-state index in [1.165, 1.54) is 19.3 Å². The molecule has 0 spiro atoms. The molecule has 0 atom stereocenters. The van der Waals surface area contributed by atoms with E-state index in [0.717, 1.165) is 12.1 Å². The van der Waals surface area contributed by atoms with Crippen molar-refractivity contribution in [1.29, 1.82) is 0 Å². The average Bonchev–Trinajstić information content (AvgIpc) is 2.01. The molecule has 2 nitrogen and oxygen atoms in total. The van der Waals surface area contributed by atoms with Crippen LogP contribution < -0.4 is 5.32 Å². The fraction of sp³-hybridized carbons (Fsp3) is 0.455. The molecule has 0 saturated heterocycles. The van der Waals surface area contributed by atoms with Crippen molar-refractivity contribution >= 4 is 0 Å². The van der Waals surface area contributed by atoms with E-state index in [0.29, 0.717) is 11.8 Å². The van der Waals surface area contributed by atoms with Gasteiger partial charge >= 0.3 is 0 Å². The first-order chi connectivity index (χ1) is 6.34. The first-order valence-electron chi connectivity index (χ1n) is 4.86. The molecule has 1 saturated carbocycles. The fourth-order valence-electron chi connectivity index (χ4n) is 1.54. The quantitative estimate of drug-likeness (QED) is 0.740. The SMILES string of the molecule is Oc1cccc(CNC2CCC2)c1. The van der Waals surface area contributed by atoms with Gasteiger partial charge in [-0.15, -0.1) is 0 Å². The van der Waals surface area contributed by atoms with E-state index in [1.54, 1.807) is 6.07 Å². The molecular formula is C11H15NO. The largest absolute Gasteiger partial charge is 0.508 e. The predicted octanol–water partition coefficient (Wildman–Crippen LogP) is 2.03. The molecule has 13 heavy (non-hydrogen) atoms. The van der Waals surface area contributed by atoms with Crippen LogP contribution in [0.25, 0.3) is 0 Å². The molecule has 2 N–H and O–H groups in total. The predicted molar refractivity (Wildman–Crippen MR) is 52.6 cm³/mol. The van der Waals surface area contributed by atoms with E-state index < -0.39 is 0 Å². The smallest absolute Gasteiger partial charge is 0.115 e. The van der Waals surface area contributed by atoms with Gasteiger partial charge in [0.05, 0.1) is 0 Å². The summed E-state index contributed by atoms with van der Waals surface area (Å²) in [5, 5.41) is 12.7. The number of hydrogen-bond acceptors (Lipinski definition) is 2. The summed E-state index contributed by atoms with van der Waals surface area (Å²) in [6, 6.07) is 8.14. The molecule has 1 aliphatic carbocycles. The molecule has 0 amide bonds. The summed E-state index contributed by atoms with van der Waals surface area (Å²) in [4.78, 5) is 0. The Labute approximate surface area is 78.6 Å². The van der Waals surface area contributed by atoms with Crippen molar-refractivity contribution in [2.45, 2.75) is 31.8 Å². The first kappa shape index (κ1) is 8.57. The Balaban J connectivity index is 1.86. The van der Waals surface area contributed by atoms with Crippen molar-refractivity contribution in [2.75, 3.05) is 0 Å². The molecule has 0 aliphatic heterocycles. The van der Waals surface area contributed by atoms with Crippen molar-refractivity contribution < 1.29 is 5.11 Å². The number of hydrogen-bond donors (Lipinski definition) is 2. The van der Waals surface area contributed by atoms with Crippen molar-refractivity contribution in [3.63, 3.8) is 0 Å². The van der Waals surface area contributed by atoms with Crippen molar-refractivity contribution in [3.8, 4) is 5.75 Å². The second-order valence-electron chi connectivity index (χ2n) is 3.68. The monoisotopic (exact) mass is 177 g/mol. The Morgan fingerprint density at radius 3 is 2.85 bits per heavy atom. The van der Waals surface area contributed by atoms with Gasteiger partial charge in [-0.1, -0.05) is 18.6 Å². The number of rotatable bonds is 3. The summed E-state index contributed by atoms with van der Waals surface area (Å²) in [6.45, 7) is 0.874. The van der Waals surface area contributed by atoms with E-state index in [4.69, 9.17) is 0 Å². The molecule has 1 aromatic rings. The normalized spacial score (nSPS) is 16.9. The number of phenolic OH excluding ortho intramolecular Hbond substituents is 1. The molecule has 1 aliphatic rings. The summed E-state index contributed by atoms with van der Waals surface area (Å²) < 4.78 is 0. The minimum absolute atomic E-state index is 0.355. The minimum Gasteiger partial charge on any atom is -0.508 e. The topological polar surface area (TPSA) is 32.3 Å². The van der Waals surface area contributed by atoms with Gasteiger partial charge in [0.2, 0.25) is 0 Å². The Morgan fingerprint density at radius 1 is 1.38 bits per heavy atom. The van der Waals surface area contributed by atoms with Gasteiger partial charge in [0, 0.05) is 12.6 Å². The number of benzene rings is 1. The van der Waals surface area contributed by atoms with Crippen LogP contribution in [-0.4, -0.2) is 11.1 Å². The zero-order valence-corrected chi connectivity index (χ0v) is 7.66. The molecule has 0 bridgehead atoms. The van der Waals surface area contributed by atoms with Gasteiger partial charge in [-0.3, -0.25) is 0 Å². The maximum atomic E-state index is 9.22. The van der Waals surface area contributed by atoms with Gasteiger partial charge in [0.25, 0.3) is 0 Å². The second kappa shape index (κ2) is 3.79. The lowest BCUT2D eigenvalue weighted by atomic mass is 9.93. The van der Waals surface area contributed by atoms with Gasteiger partial charge in [-0.25, -0.2) is 0 Å². The molecule has 2 rings (SSSR count). The molecule has 0 heterocycles. The zero-order chi connectivity index (χ0) is 9.10. The summed E-state index contributed by atoms with van der Waals surface area (Å²) in [5.74, 6) is 0.355. The Morgan fingerprint density at radius 2 is 2.23 bits per heavy atom. The maximum absolute atomic E-state index is 9.22. The maximum Gasteiger partial charge on any atom is 0.115 e. The lowest BCUT2D eigenvalue weighted by Crippen LogP contribution is -2.34. The summed E-state index contributed by atoms with van der Waals surface area (Å²) >= 11 is 0. The molecule has 0 radical (unpaired) electrons. The van der Waals surface area contributed by atoms with E-state index in [1.807, 2.05) is 18.2 Å². The summed E-state index contributed by atoms with van der Waals surface area (Å²) in [5.41, 5.74) is 1.16. The molecular weight excluding hydrogens is 162 g/mol. The third-order valence-electron chi connectivity index (χ3n) is 2.61. The van der Waals surface area contributed by atoms with E-state index in [2.05, 4.69) is 5.32 Å². The number of nitrogens with one attached hydrogen (secondary N) is 1.